The van der Waals surface area contributed by atoms with Crippen molar-refractivity contribution in [2.75, 3.05) is 6.54 Å². The van der Waals surface area contributed by atoms with Crippen molar-refractivity contribution in [3.8, 4) is 0 Å². The molecule has 0 aromatic heterocycles. The average Bonchev–Trinajstić information content (AvgIpc) is 2.44. The first kappa shape index (κ1) is 16.1. The van der Waals surface area contributed by atoms with E-state index < -0.39 is 0 Å². The van der Waals surface area contributed by atoms with Gasteiger partial charge in [0.15, 0.2) is 0 Å². The Balaban J connectivity index is 2.49. The summed E-state index contributed by atoms with van der Waals surface area (Å²) < 4.78 is 28.1. The van der Waals surface area contributed by atoms with Crippen LogP contribution in [-0.2, 0) is 0 Å². The maximum Gasteiger partial charge on any atom is 0.128 e. The number of halogens is 3. The molecule has 1 N–H and O–H groups in total. The van der Waals surface area contributed by atoms with E-state index >= 15 is 0 Å². The van der Waals surface area contributed by atoms with Crippen molar-refractivity contribution in [2.45, 2.75) is 26.3 Å². The van der Waals surface area contributed by atoms with Crippen LogP contribution < -0.4 is 5.32 Å². The molecule has 0 aliphatic heterocycles. The number of rotatable bonds is 5. The Kier molecular flexibility index (Phi) is 5.48. The number of nitrogens with one attached hydrogen (secondary N) is 1. The highest BCUT2D eigenvalue weighted by molar-refractivity contribution is 9.10. The molecule has 0 heterocycles. The molecule has 21 heavy (non-hydrogen) atoms. The van der Waals surface area contributed by atoms with Crippen molar-refractivity contribution in [3.63, 3.8) is 0 Å². The van der Waals surface area contributed by atoms with Crippen molar-refractivity contribution in [3.05, 3.63) is 69.2 Å². The van der Waals surface area contributed by atoms with Gasteiger partial charge in [-0.1, -0.05) is 46.6 Å². The molecule has 0 saturated heterocycles. The summed E-state index contributed by atoms with van der Waals surface area (Å²) in [5.41, 5.74) is 2.40. The number of aryl methyl sites for hydroxylation is 1. The molecule has 112 valence electrons. The van der Waals surface area contributed by atoms with Crippen molar-refractivity contribution < 1.29 is 8.78 Å². The third-order valence-corrected chi connectivity index (χ3v) is 4.02. The molecular weight excluding hydrogens is 336 g/mol. The lowest BCUT2D eigenvalue weighted by molar-refractivity contribution is 0.543. The Morgan fingerprint density at radius 1 is 1.10 bits per heavy atom. The van der Waals surface area contributed by atoms with Gasteiger partial charge in [-0.3, -0.25) is 0 Å². The van der Waals surface area contributed by atoms with Crippen LogP contribution >= 0.6 is 15.9 Å². The number of hydrogen-bond acceptors (Lipinski definition) is 1. The van der Waals surface area contributed by atoms with Gasteiger partial charge in [-0.05, 0) is 43.7 Å². The minimum atomic E-state index is -0.315. The molecule has 2 aromatic carbocycles. The highest BCUT2D eigenvalue weighted by atomic mass is 79.9. The van der Waals surface area contributed by atoms with Gasteiger partial charge in [0.25, 0.3) is 0 Å². The van der Waals surface area contributed by atoms with E-state index in [1.165, 1.54) is 18.2 Å². The normalized spacial score (nSPS) is 12.4. The highest BCUT2D eigenvalue weighted by Crippen LogP contribution is 2.31. The zero-order valence-electron chi connectivity index (χ0n) is 12.1. The van der Waals surface area contributed by atoms with Crippen LogP contribution in [0.3, 0.4) is 0 Å². The van der Waals surface area contributed by atoms with Crippen LogP contribution in [0.2, 0.25) is 0 Å². The molecule has 0 radical (unpaired) electrons. The molecule has 1 atom stereocenters. The minimum absolute atomic E-state index is 0.259. The zero-order chi connectivity index (χ0) is 15.4. The number of hydrogen-bond donors (Lipinski definition) is 1. The van der Waals surface area contributed by atoms with Crippen LogP contribution in [0.5, 0.6) is 0 Å². The molecule has 0 aliphatic carbocycles. The Bertz CT molecular complexity index is 628. The molecule has 2 aromatic rings. The highest BCUT2D eigenvalue weighted by Gasteiger charge is 2.20. The van der Waals surface area contributed by atoms with Crippen molar-refractivity contribution >= 4 is 15.9 Å². The SMILES string of the molecule is CCCNC(c1cc(C)ccc1F)c1ccc(F)cc1Br. The fourth-order valence-corrected chi connectivity index (χ4v) is 2.88. The summed E-state index contributed by atoms with van der Waals surface area (Å²) in [5, 5.41) is 3.34. The van der Waals surface area contributed by atoms with Crippen molar-refractivity contribution in [1.29, 1.82) is 0 Å². The lowest BCUT2D eigenvalue weighted by Gasteiger charge is -2.22. The van der Waals surface area contributed by atoms with Gasteiger partial charge in [-0.2, -0.15) is 0 Å². The topological polar surface area (TPSA) is 12.0 Å². The van der Waals surface area contributed by atoms with Crippen LogP contribution in [-0.4, -0.2) is 6.54 Å². The molecule has 0 bridgehead atoms. The maximum atomic E-state index is 14.2. The van der Waals surface area contributed by atoms with E-state index in [-0.39, 0.29) is 17.7 Å². The predicted molar refractivity (Wildman–Crippen MR) is 85.4 cm³/mol. The molecule has 0 saturated carbocycles. The monoisotopic (exact) mass is 353 g/mol. The summed E-state index contributed by atoms with van der Waals surface area (Å²) >= 11 is 3.38. The molecular formula is C17H18BrF2N. The van der Waals surface area contributed by atoms with Crippen LogP contribution in [0, 0.1) is 18.6 Å². The molecule has 0 amide bonds. The van der Waals surface area contributed by atoms with Crippen LogP contribution in [0.15, 0.2) is 40.9 Å². The minimum Gasteiger partial charge on any atom is -0.306 e. The summed E-state index contributed by atoms with van der Waals surface area (Å²) in [6.45, 7) is 4.73. The van der Waals surface area contributed by atoms with Gasteiger partial charge in [0.05, 0.1) is 6.04 Å². The summed E-state index contributed by atoms with van der Waals surface area (Å²) in [7, 11) is 0. The predicted octanol–water partition coefficient (Wildman–Crippen LogP) is 5.12. The van der Waals surface area contributed by atoms with E-state index in [0.717, 1.165) is 24.1 Å². The second-order valence-corrected chi connectivity index (χ2v) is 5.93. The Morgan fingerprint density at radius 3 is 2.52 bits per heavy atom. The van der Waals surface area contributed by atoms with Crippen LogP contribution in [0.4, 0.5) is 8.78 Å². The first-order valence-electron chi connectivity index (χ1n) is 6.97. The molecule has 4 heteroatoms. The van der Waals surface area contributed by atoms with Crippen molar-refractivity contribution in [2.24, 2.45) is 0 Å². The van der Waals surface area contributed by atoms with E-state index in [1.54, 1.807) is 12.1 Å². The maximum absolute atomic E-state index is 14.2. The largest absolute Gasteiger partial charge is 0.306 e. The summed E-state index contributed by atoms with van der Waals surface area (Å²) in [5.74, 6) is -0.574. The standard InChI is InChI=1S/C17H18BrF2N/c1-3-8-21-17(13-6-5-12(19)10-15(13)18)14-9-11(2)4-7-16(14)20/h4-7,9-10,17,21H,3,8H2,1-2H3. The fourth-order valence-electron chi connectivity index (χ4n) is 2.30. The molecule has 1 nitrogen and oxygen atoms in total. The van der Waals surface area contributed by atoms with Gasteiger partial charge in [-0.15, -0.1) is 0 Å². The second kappa shape index (κ2) is 7.14. The third-order valence-electron chi connectivity index (χ3n) is 3.33. The van der Waals surface area contributed by atoms with Gasteiger partial charge in [0, 0.05) is 10.0 Å². The van der Waals surface area contributed by atoms with Gasteiger partial charge < -0.3 is 5.32 Å². The van der Waals surface area contributed by atoms with Crippen LogP contribution in [0.1, 0.15) is 36.1 Å². The lowest BCUT2D eigenvalue weighted by Crippen LogP contribution is -2.24. The number of benzene rings is 2. The first-order valence-corrected chi connectivity index (χ1v) is 7.76. The Labute approximate surface area is 132 Å². The van der Waals surface area contributed by atoms with Gasteiger partial charge in [-0.25, -0.2) is 8.78 Å². The summed E-state index contributed by atoms with van der Waals surface area (Å²) in [6, 6.07) is 9.24. The first-order chi connectivity index (χ1) is 10.0. The Morgan fingerprint density at radius 2 is 1.86 bits per heavy atom. The molecule has 0 fully saturated rings. The Hall–Kier alpha value is -1.26. The fraction of sp³-hybridized carbons (Fsp3) is 0.294. The van der Waals surface area contributed by atoms with E-state index in [4.69, 9.17) is 0 Å². The smallest absolute Gasteiger partial charge is 0.128 e. The van der Waals surface area contributed by atoms with E-state index in [9.17, 15) is 8.78 Å². The molecule has 2 rings (SSSR count). The van der Waals surface area contributed by atoms with Crippen LogP contribution in [0.25, 0.3) is 0 Å². The average molecular weight is 354 g/mol. The second-order valence-electron chi connectivity index (χ2n) is 5.08. The molecule has 0 spiro atoms. The van der Waals surface area contributed by atoms with Gasteiger partial charge in [0.2, 0.25) is 0 Å². The van der Waals surface area contributed by atoms with E-state index in [1.807, 2.05) is 13.0 Å². The quantitative estimate of drug-likeness (QED) is 0.785. The zero-order valence-corrected chi connectivity index (χ0v) is 13.7. The molecule has 1 unspecified atom stereocenters. The summed E-state index contributed by atoms with van der Waals surface area (Å²) in [6.07, 6.45) is 0.933. The van der Waals surface area contributed by atoms with Gasteiger partial charge >= 0.3 is 0 Å². The summed E-state index contributed by atoms with van der Waals surface area (Å²) in [4.78, 5) is 0. The van der Waals surface area contributed by atoms with Gasteiger partial charge in [0.1, 0.15) is 11.6 Å². The van der Waals surface area contributed by atoms with Crippen molar-refractivity contribution in [1.82, 2.24) is 5.32 Å². The third kappa shape index (κ3) is 3.89. The molecule has 0 aliphatic rings. The van der Waals surface area contributed by atoms with E-state index in [0.29, 0.717) is 10.0 Å². The lowest BCUT2D eigenvalue weighted by atomic mass is 9.96. The van der Waals surface area contributed by atoms with E-state index in [2.05, 4.69) is 28.2 Å².